The molecule has 9 heteroatoms. The minimum atomic E-state index is -0.958. The van der Waals surface area contributed by atoms with E-state index in [1.54, 1.807) is 12.1 Å². The maximum Gasteiger partial charge on any atom is 0.328 e. The number of hydrogen-bond donors (Lipinski definition) is 3. The first kappa shape index (κ1) is 27.4. The molecule has 0 saturated heterocycles. The molecule has 2 aromatic heterocycles. The average molecular weight is 520 g/mol. The van der Waals surface area contributed by atoms with Crippen molar-refractivity contribution in [1.82, 2.24) is 19.8 Å². The number of ether oxygens (including phenoxy) is 2. The van der Waals surface area contributed by atoms with Gasteiger partial charge < -0.3 is 35.0 Å². The van der Waals surface area contributed by atoms with Gasteiger partial charge in [-0.15, -0.1) is 0 Å². The van der Waals surface area contributed by atoms with Gasteiger partial charge in [-0.05, 0) is 82.8 Å². The number of benzene rings is 2. The Morgan fingerprint density at radius 1 is 0.816 bits per heavy atom. The van der Waals surface area contributed by atoms with Crippen LogP contribution in [-0.2, 0) is 22.4 Å². The maximum absolute atomic E-state index is 12.8. The Morgan fingerprint density at radius 2 is 1.32 bits per heavy atom. The van der Waals surface area contributed by atoms with Gasteiger partial charge >= 0.3 is 11.9 Å². The zero-order valence-electron chi connectivity index (χ0n) is 22.5. The highest BCUT2D eigenvalue weighted by Gasteiger charge is 2.21. The second-order valence-corrected chi connectivity index (χ2v) is 10.1. The monoisotopic (exact) mass is 519 g/mol. The Labute approximate surface area is 222 Å². The van der Waals surface area contributed by atoms with Crippen LogP contribution in [-0.4, -0.2) is 79.0 Å². The smallest absolute Gasteiger partial charge is 0.328 e. The molecule has 2 aromatic carbocycles. The van der Waals surface area contributed by atoms with E-state index in [4.69, 9.17) is 15.2 Å². The van der Waals surface area contributed by atoms with Crippen LogP contribution in [0, 0.1) is 0 Å². The highest BCUT2D eigenvalue weighted by Crippen LogP contribution is 2.31. The van der Waals surface area contributed by atoms with Crippen LogP contribution < -0.4 is 15.2 Å². The molecule has 4 aromatic rings. The van der Waals surface area contributed by atoms with Gasteiger partial charge in [-0.2, -0.15) is 0 Å². The molecular weight excluding hydrogens is 482 g/mol. The number of esters is 2. The van der Waals surface area contributed by atoms with Crippen LogP contribution in [0.25, 0.3) is 21.8 Å². The van der Waals surface area contributed by atoms with E-state index >= 15 is 0 Å². The van der Waals surface area contributed by atoms with E-state index in [0.717, 1.165) is 58.9 Å². The normalized spacial score (nSPS) is 12.5. The lowest BCUT2D eigenvalue weighted by atomic mass is 10.1. The van der Waals surface area contributed by atoms with Gasteiger partial charge in [-0.1, -0.05) is 12.1 Å². The zero-order valence-corrected chi connectivity index (χ0v) is 22.5. The summed E-state index contributed by atoms with van der Waals surface area (Å²) < 4.78 is 11.4. The van der Waals surface area contributed by atoms with Crippen LogP contribution in [0.2, 0.25) is 0 Å². The third-order valence-electron chi connectivity index (χ3n) is 6.55. The van der Waals surface area contributed by atoms with Crippen molar-refractivity contribution in [1.29, 1.82) is 0 Å². The lowest BCUT2D eigenvalue weighted by molar-refractivity contribution is -0.137. The highest BCUT2D eigenvalue weighted by molar-refractivity contribution is 5.93. The number of nitrogens with two attached hydrogens (primary N) is 1. The minimum absolute atomic E-state index is 0.00739. The maximum atomic E-state index is 12.8. The molecule has 0 amide bonds. The number of rotatable bonds is 12. The topological polar surface area (TPSA) is 117 Å². The summed E-state index contributed by atoms with van der Waals surface area (Å²) in [5, 5.41) is 1.77. The third kappa shape index (κ3) is 6.61. The molecule has 38 heavy (non-hydrogen) atoms. The van der Waals surface area contributed by atoms with Gasteiger partial charge in [-0.3, -0.25) is 4.79 Å². The molecule has 2 heterocycles. The average Bonchev–Trinajstić information content (AvgIpc) is 3.50. The summed E-state index contributed by atoms with van der Waals surface area (Å²) in [6, 6.07) is 10.2. The predicted octanol–water partition coefficient (Wildman–Crippen LogP) is 3.48. The van der Waals surface area contributed by atoms with E-state index in [-0.39, 0.29) is 12.8 Å². The fourth-order valence-electron chi connectivity index (χ4n) is 4.44. The first-order chi connectivity index (χ1) is 18.2. The fourth-order valence-corrected chi connectivity index (χ4v) is 4.44. The molecule has 0 fully saturated rings. The quantitative estimate of drug-likeness (QED) is 0.194. The molecule has 0 saturated carbocycles. The zero-order chi connectivity index (χ0) is 27.2. The van der Waals surface area contributed by atoms with Crippen molar-refractivity contribution >= 4 is 33.7 Å². The van der Waals surface area contributed by atoms with E-state index in [9.17, 15) is 9.59 Å². The van der Waals surface area contributed by atoms with Gasteiger partial charge in [0.15, 0.2) is 0 Å². The van der Waals surface area contributed by atoms with Crippen LogP contribution in [0.4, 0.5) is 0 Å². The van der Waals surface area contributed by atoms with Crippen LogP contribution in [0.5, 0.6) is 11.5 Å². The lowest BCUT2D eigenvalue weighted by Gasteiger charge is -2.13. The first-order valence-corrected chi connectivity index (χ1v) is 12.9. The molecule has 4 rings (SSSR count). The molecule has 1 atom stereocenters. The lowest BCUT2D eigenvalue weighted by Crippen LogP contribution is -2.35. The second kappa shape index (κ2) is 12.3. The summed E-state index contributed by atoms with van der Waals surface area (Å²) in [5.74, 6) is -0.0593. The Kier molecular flexibility index (Phi) is 8.83. The van der Waals surface area contributed by atoms with Gasteiger partial charge in [0.2, 0.25) is 0 Å². The van der Waals surface area contributed by atoms with Crippen molar-refractivity contribution in [2.24, 2.45) is 5.73 Å². The molecule has 0 aliphatic heterocycles. The summed E-state index contributed by atoms with van der Waals surface area (Å²) in [7, 11) is 8.07. The van der Waals surface area contributed by atoms with Crippen molar-refractivity contribution in [3.05, 3.63) is 59.9 Å². The van der Waals surface area contributed by atoms with E-state index in [1.807, 2.05) is 64.8 Å². The van der Waals surface area contributed by atoms with Gasteiger partial charge in [-0.25, -0.2) is 4.79 Å². The number of nitrogens with zero attached hydrogens (tertiary/aromatic N) is 2. The first-order valence-electron chi connectivity index (χ1n) is 12.9. The SMILES string of the molecule is CN(C)CCc1c[nH]c2cccc(OC(=O)CC[C@H](N)C(=O)Oc3cccc4[nH]cc(CCN(C)C)c34)c12. The number of H-pyrrole nitrogens is 2. The molecule has 0 spiro atoms. The van der Waals surface area contributed by atoms with E-state index in [1.165, 1.54) is 0 Å². The Bertz CT molecular complexity index is 1400. The molecule has 9 nitrogen and oxygen atoms in total. The Morgan fingerprint density at radius 3 is 1.82 bits per heavy atom. The van der Waals surface area contributed by atoms with Crippen molar-refractivity contribution < 1.29 is 19.1 Å². The van der Waals surface area contributed by atoms with Crippen LogP contribution in [0.3, 0.4) is 0 Å². The molecule has 0 radical (unpaired) electrons. The number of carbonyl (C=O) groups is 2. The largest absolute Gasteiger partial charge is 0.426 e. The van der Waals surface area contributed by atoms with Crippen LogP contribution in [0.15, 0.2) is 48.8 Å². The predicted molar refractivity (Wildman–Crippen MR) is 150 cm³/mol. The summed E-state index contributed by atoms with van der Waals surface area (Å²) in [6.45, 7) is 1.74. The van der Waals surface area contributed by atoms with Crippen molar-refractivity contribution in [3.8, 4) is 11.5 Å². The summed E-state index contributed by atoms with van der Waals surface area (Å²) >= 11 is 0. The van der Waals surface area contributed by atoms with Gasteiger partial charge in [0.1, 0.15) is 17.5 Å². The molecular formula is C29H37N5O4. The van der Waals surface area contributed by atoms with Crippen LogP contribution in [0.1, 0.15) is 24.0 Å². The summed E-state index contributed by atoms with van der Waals surface area (Å²) in [5.41, 5.74) is 10.1. The number of hydrogen-bond acceptors (Lipinski definition) is 7. The number of carbonyl (C=O) groups excluding carboxylic acids is 2. The standard InChI is InChI=1S/C29H37N5O4/c1-33(2)15-13-19-17-31-22-7-5-9-24(27(19)22)37-26(35)12-11-21(30)29(36)38-25-10-6-8-23-28(25)20(18-32-23)14-16-34(3)4/h5-10,17-18,21,31-32H,11-16,30H2,1-4H3/t21-/m0/s1. The molecule has 0 aliphatic carbocycles. The van der Waals surface area contributed by atoms with Crippen LogP contribution >= 0.6 is 0 Å². The minimum Gasteiger partial charge on any atom is -0.426 e. The summed E-state index contributed by atoms with van der Waals surface area (Å²) in [4.78, 5) is 36.2. The van der Waals surface area contributed by atoms with Crippen molar-refractivity contribution in [2.45, 2.75) is 31.7 Å². The molecule has 202 valence electrons. The summed E-state index contributed by atoms with van der Waals surface area (Å²) in [6.07, 6.45) is 5.64. The number of fused-ring (bicyclic) bond motifs is 2. The molecule has 4 N–H and O–H groups in total. The van der Waals surface area contributed by atoms with E-state index in [0.29, 0.717) is 11.5 Å². The van der Waals surface area contributed by atoms with E-state index in [2.05, 4.69) is 19.8 Å². The Hall–Kier alpha value is -3.66. The van der Waals surface area contributed by atoms with E-state index < -0.39 is 18.0 Å². The van der Waals surface area contributed by atoms with Gasteiger partial charge in [0.05, 0.1) is 0 Å². The van der Waals surface area contributed by atoms with Crippen molar-refractivity contribution in [2.75, 3.05) is 41.3 Å². The number of aromatic nitrogens is 2. The fraction of sp³-hybridized carbons (Fsp3) is 0.379. The number of aromatic amines is 2. The number of likely N-dealkylation sites (N-methyl/N-ethyl adjacent to an activating group) is 2. The van der Waals surface area contributed by atoms with Crippen molar-refractivity contribution in [3.63, 3.8) is 0 Å². The highest BCUT2D eigenvalue weighted by atomic mass is 16.5. The molecule has 0 unspecified atom stereocenters. The van der Waals surface area contributed by atoms with Gasteiger partial charge in [0, 0.05) is 53.7 Å². The van der Waals surface area contributed by atoms with Gasteiger partial charge in [0.25, 0.3) is 0 Å². The second-order valence-electron chi connectivity index (χ2n) is 10.1. The Balaban J connectivity index is 1.37. The third-order valence-corrected chi connectivity index (χ3v) is 6.55. The molecule has 0 bridgehead atoms. The molecule has 0 aliphatic rings. The number of nitrogens with one attached hydrogen (secondary N) is 2.